The number of benzene rings is 2. The molecule has 1 aliphatic rings. The van der Waals surface area contributed by atoms with Gasteiger partial charge in [0.1, 0.15) is 11.6 Å². The highest BCUT2D eigenvalue weighted by Gasteiger charge is 2.59. The van der Waals surface area contributed by atoms with Crippen LogP contribution >= 0.6 is 0 Å². The number of hydrogen-bond acceptors (Lipinski definition) is 1. The van der Waals surface area contributed by atoms with Crippen LogP contribution in [-0.4, -0.2) is 18.5 Å². The summed E-state index contributed by atoms with van der Waals surface area (Å²) in [5.41, 5.74) is 1.43. The first-order valence-corrected chi connectivity index (χ1v) is 11.1. The zero-order valence-corrected chi connectivity index (χ0v) is 18.3. The van der Waals surface area contributed by atoms with Crippen molar-refractivity contribution in [3.05, 3.63) is 65.0 Å². The summed E-state index contributed by atoms with van der Waals surface area (Å²) >= 11 is 0. The largest absolute Gasteiger partial charge is 0.439 e. The molecule has 1 saturated carbocycles. The smallest absolute Gasteiger partial charge is 0.430 e. The van der Waals surface area contributed by atoms with Crippen LogP contribution in [0.2, 0.25) is 0 Å². The number of aryl methyl sites for hydroxylation is 2. The minimum Gasteiger partial charge on any atom is -0.430 e. The second-order valence-electron chi connectivity index (χ2n) is 8.65. The van der Waals surface area contributed by atoms with Crippen LogP contribution in [0.15, 0.2) is 42.5 Å². The van der Waals surface area contributed by atoms with Gasteiger partial charge in [0.05, 0.1) is 0 Å². The lowest BCUT2D eigenvalue weighted by Gasteiger charge is -2.28. The third kappa shape index (κ3) is 6.42. The first-order chi connectivity index (χ1) is 15.5. The summed E-state index contributed by atoms with van der Waals surface area (Å²) in [5.74, 6) is 0.0627. The first kappa shape index (κ1) is 25.4. The molecule has 1 unspecified atom stereocenters. The molecule has 0 heterocycles. The molecule has 0 aromatic heterocycles. The van der Waals surface area contributed by atoms with Crippen molar-refractivity contribution >= 4 is 0 Å². The highest BCUT2D eigenvalue weighted by atomic mass is 19.4. The summed E-state index contributed by atoms with van der Waals surface area (Å²) in [6.45, 7) is 2.18. The highest BCUT2D eigenvalue weighted by molar-refractivity contribution is 5.35. The van der Waals surface area contributed by atoms with Gasteiger partial charge in [0.2, 0.25) is 0 Å². The molecule has 1 nitrogen and oxygen atoms in total. The lowest BCUT2D eigenvalue weighted by atomic mass is 9.77. The first-order valence-electron chi connectivity index (χ1n) is 11.1. The number of ether oxygens (including phenoxy) is 1. The molecule has 2 aromatic carbocycles. The summed E-state index contributed by atoms with van der Waals surface area (Å²) in [7, 11) is 0. The fourth-order valence-corrected chi connectivity index (χ4v) is 4.39. The minimum absolute atomic E-state index is 0.0348. The molecule has 2 aromatic rings. The van der Waals surface area contributed by atoms with E-state index in [1.807, 2.05) is 6.07 Å². The minimum atomic E-state index is -5.76. The second kappa shape index (κ2) is 10.3. The van der Waals surface area contributed by atoms with E-state index < -0.39 is 30.0 Å². The second-order valence-corrected chi connectivity index (χ2v) is 8.65. The molecule has 3 rings (SSSR count). The molecule has 0 saturated heterocycles. The Morgan fingerprint density at radius 1 is 0.909 bits per heavy atom. The molecule has 8 heteroatoms. The van der Waals surface area contributed by atoms with Crippen LogP contribution in [0.25, 0.3) is 0 Å². The zero-order chi connectivity index (χ0) is 24.2. The van der Waals surface area contributed by atoms with E-state index in [-0.39, 0.29) is 18.4 Å². The number of hydrogen-bond donors (Lipinski definition) is 0. The van der Waals surface area contributed by atoms with Crippen molar-refractivity contribution in [2.45, 2.75) is 76.2 Å². The highest BCUT2D eigenvalue weighted by Crippen LogP contribution is 2.39. The van der Waals surface area contributed by atoms with Gasteiger partial charge in [-0.05, 0) is 79.2 Å². The number of para-hydroxylation sites is 1. The third-order valence-electron chi connectivity index (χ3n) is 6.44. The SMILES string of the molecule is CCC1CCC(c2ccc(CCc3ccccc3OC(F)(F)C(F)C(F)(F)F)c(F)c2)CC1. The maximum absolute atomic E-state index is 14.7. The Bertz CT molecular complexity index is 917. The normalized spacial score (nSPS) is 20.5. The van der Waals surface area contributed by atoms with Crippen LogP contribution in [-0.2, 0) is 12.8 Å². The summed E-state index contributed by atoms with van der Waals surface area (Å²) in [6, 6.07) is 10.3. The van der Waals surface area contributed by atoms with Gasteiger partial charge in [0.15, 0.2) is 0 Å². The van der Waals surface area contributed by atoms with Crippen LogP contribution in [0.3, 0.4) is 0 Å². The van der Waals surface area contributed by atoms with Crippen molar-refractivity contribution in [1.29, 1.82) is 0 Å². The van der Waals surface area contributed by atoms with E-state index >= 15 is 0 Å². The molecular weight excluding hydrogens is 449 g/mol. The fourth-order valence-electron chi connectivity index (χ4n) is 4.39. The Morgan fingerprint density at radius 3 is 2.15 bits per heavy atom. The maximum Gasteiger partial charge on any atom is 0.439 e. The lowest BCUT2D eigenvalue weighted by Crippen LogP contribution is -2.45. The van der Waals surface area contributed by atoms with E-state index in [2.05, 4.69) is 11.7 Å². The fraction of sp³-hybridized carbons (Fsp3) is 0.520. The third-order valence-corrected chi connectivity index (χ3v) is 6.44. The van der Waals surface area contributed by atoms with Gasteiger partial charge < -0.3 is 4.74 Å². The lowest BCUT2D eigenvalue weighted by molar-refractivity contribution is -0.305. The Labute approximate surface area is 188 Å². The van der Waals surface area contributed by atoms with Crippen molar-refractivity contribution in [2.24, 2.45) is 5.92 Å². The van der Waals surface area contributed by atoms with E-state index in [9.17, 15) is 30.7 Å². The van der Waals surface area contributed by atoms with Gasteiger partial charge in [0, 0.05) is 0 Å². The Balaban J connectivity index is 1.67. The van der Waals surface area contributed by atoms with Gasteiger partial charge in [-0.15, -0.1) is 0 Å². The van der Waals surface area contributed by atoms with Crippen molar-refractivity contribution < 1.29 is 35.5 Å². The van der Waals surface area contributed by atoms with Crippen LogP contribution in [0.5, 0.6) is 5.75 Å². The molecule has 0 spiro atoms. The van der Waals surface area contributed by atoms with E-state index in [1.54, 1.807) is 6.07 Å². The van der Waals surface area contributed by atoms with Gasteiger partial charge in [-0.25, -0.2) is 8.78 Å². The molecule has 0 amide bonds. The van der Waals surface area contributed by atoms with E-state index in [0.717, 1.165) is 49.7 Å². The Kier molecular flexibility index (Phi) is 7.96. The molecule has 1 aliphatic carbocycles. The van der Waals surface area contributed by atoms with E-state index in [1.165, 1.54) is 24.3 Å². The molecule has 1 atom stereocenters. The summed E-state index contributed by atoms with van der Waals surface area (Å²) < 4.78 is 96.6. The Hall–Kier alpha value is -2.25. The molecule has 33 heavy (non-hydrogen) atoms. The maximum atomic E-state index is 14.7. The van der Waals surface area contributed by atoms with Crippen molar-refractivity contribution in [3.8, 4) is 5.75 Å². The van der Waals surface area contributed by atoms with Crippen molar-refractivity contribution in [2.75, 3.05) is 0 Å². The number of rotatable bonds is 8. The predicted octanol–water partition coefficient (Wildman–Crippen LogP) is 8.17. The zero-order valence-electron chi connectivity index (χ0n) is 18.3. The molecule has 1 fully saturated rings. The average molecular weight is 476 g/mol. The van der Waals surface area contributed by atoms with Crippen molar-refractivity contribution in [1.82, 2.24) is 0 Å². The van der Waals surface area contributed by atoms with Crippen molar-refractivity contribution in [3.63, 3.8) is 0 Å². The van der Waals surface area contributed by atoms with Crippen LogP contribution < -0.4 is 4.74 Å². The molecule has 0 bridgehead atoms. The summed E-state index contributed by atoms with van der Waals surface area (Å²) in [6.07, 6.45) is -9.72. The molecular formula is C25H27F7O. The van der Waals surface area contributed by atoms with Crippen LogP contribution in [0.1, 0.15) is 61.6 Å². The molecule has 0 aliphatic heterocycles. The quantitative estimate of drug-likeness (QED) is 0.349. The molecule has 0 radical (unpaired) electrons. The van der Waals surface area contributed by atoms with Crippen LogP contribution in [0, 0.1) is 11.7 Å². The number of halogens is 7. The summed E-state index contributed by atoms with van der Waals surface area (Å²) in [5, 5.41) is 0. The van der Waals surface area contributed by atoms with Gasteiger partial charge in [-0.3, -0.25) is 0 Å². The monoisotopic (exact) mass is 476 g/mol. The number of alkyl halides is 6. The average Bonchev–Trinajstić information content (AvgIpc) is 2.78. The predicted molar refractivity (Wildman–Crippen MR) is 112 cm³/mol. The van der Waals surface area contributed by atoms with Gasteiger partial charge in [0.25, 0.3) is 6.17 Å². The van der Waals surface area contributed by atoms with Gasteiger partial charge in [-0.1, -0.05) is 43.7 Å². The van der Waals surface area contributed by atoms with Crippen LogP contribution in [0.4, 0.5) is 30.7 Å². The summed E-state index contributed by atoms with van der Waals surface area (Å²) in [4.78, 5) is 0. The van der Waals surface area contributed by atoms with E-state index in [4.69, 9.17) is 0 Å². The standard InChI is InChI=1S/C25H27F7O/c1-2-16-7-9-17(10-8-16)20-14-12-18(21(26)15-20)11-13-19-5-3-4-6-22(19)33-25(31,32)23(27)24(28,29)30/h3-6,12,14-17,23H,2,7-11,13H2,1H3. The Morgan fingerprint density at radius 2 is 1.55 bits per heavy atom. The topological polar surface area (TPSA) is 9.23 Å². The van der Waals surface area contributed by atoms with E-state index in [0.29, 0.717) is 11.5 Å². The van der Waals surface area contributed by atoms with Gasteiger partial charge in [-0.2, -0.15) is 22.0 Å². The molecule has 182 valence electrons. The molecule has 0 N–H and O–H groups in total. The van der Waals surface area contributed by atoms with Gasteiger partial charge >= 0.3 is 12.3 Å².